The maximum absolute atomic E-state index is 12.1. The molecule has 0 aliphatic heterocycles. The van der Waals surface area contributed by atoms with Crippen molar-refractivity contribution >= 4 is 17.5 Å². The molecule has 246 valence electrons. The van der Waals surface area contributed by atoms with Crippen molar-refractivity contribution in [3.63, 3.8) is 0 Å². The number of carbonyl (C=O) groups excluding carboxylic acids is 1. The number of hydrogen-bond acceptors (Lipinski definition) is 3. The van der Waals surface area contributed by atoms with E-state index in [0.717, 1.165) is 25.7 Å². The molecule has 0 amide bonds. The van der Waals surface area contributed by atoms with Crippen LogP contribution in [0.15, 0.2) is 55.1 Å². The third kappa shape index (κ3) is 4.91. The Morgan fingerprint density at radius 1 is 0.889 bits per heavy atom. The fourth-order valence-electron chi connectivity index (χ4n) is 12.5. The molecular formula is C41H58O4. The first-order valence-corrected chi connectivity index (χ1v) is 17.7. The molecule has 1 N–H and O–H groups in total. The van der Waals surface area contributed by atoms with Crippen LogP contribution in [0.4, 0.5) is 0 Å². The van der Waals surface area contributed by atoms with Crippen LogP contribution in [0.3, 0.4) is 0 Å². The standard InChI is InChI=1S/C39H52O4.C2H6/c1-8-25-15-21-39(22-18-32(40)41)24-23-37(5)29(33(25)39)13-14-31-36(4)19-16-28(26-9-11-27(12-10-26)34(42)43-7)35(2,3)30(36)17-20-38(31,37)6;1-2/h8-12,16,18,22,25,29-31,33H,1,13-15,17,19-21,23-24H2,2-7H3,(H,40,41);1-2H3/b22-18+;/t25-,29-,30?,31?,33?,36+,37-,38-,39+;/m1./s1. The highest BCUT2D eigenvalue weighted by Gasteiger charge is 2.69. The Bertz CT molecular complexity index is 1370. The largest absolute Gasteiger partial charge is 0.478 e. The van der Waals surface area contributed by atoms with Crippen LogP contribution in [0.1, 0.15) is 122 Å². The van der Waals surface area contributed by atoms with Crippen molar-refractivity contribution in [2.24, 2.45) is 56.7 Å². The highest BCUT2D eigenvalue weighted by Crippen LogP contribution is 2.77. The Labute approximate surface area is 272 Å². The van der Waals surface area contributed by atoms with E-state index in [0.29, 0.717) is 35.2 Å². The van der Waals surface area contributed by atoms with Gasteiger partial charge in [0.25, 0.3) is 0 Å². The highest BCUT2D eigenvalue weighted by molar-refractivity contribution is 5.90. The second kappa shape index (κ2) is 11.9. The quantitative estimate of drug-likeness (QED) is 0.204. The monoisotopic (exact) mass is 614 g/mol. The van der Waals surface area contributed by atoms with Crippen molar-refractivity contribution in [3.05, 3.63) is 66.3 Å². The SMILES string of the molecule is C=C[C@@H]1CC[C@]2(/C=C/C(=O)O)CC[C@]3(C)[C@H](CCC4[C@@]5(C)CC=C(c6ccc(C(=O)OC)cc6)C(C)(C)C5CC[C@]43C)C12.CC. The Morgan fingerprint density at radius 2 is 1.58 bits per heavy atom. The zero-order chi connectivity index (χ0) is 33.0. The molecule has 0 spiro atoms. The molecule has 0 heterocycles. The summed E-state index contributed by atoms with van der Waals surface area (Å²) in [4.78, 5) is 23.7. The van der Waals surface area contributed by atoms with Gasteiger partial charge in [-0.05, 0) is 138 Å². The van der Waals surface area contributed by atoms with Gasteiger partial charge in [0.1, 0.15) is 0 Å². The van der Waals surface area contributed by atoms with Crippen molar-refractivity contribution < 1.29 is 19.4 Å². The molecule has 4 nitrogen and oxygen atoms in total. The van der Waals surface area contributed by atoms with E-state index in [2.05, 4.69) is 71.6 Å². The molecule has 0 saturated heterocycles. The number of methoxy groups -OCH3 is 1. The lowest BCUT2D eigenvalue weighted by Gasteiger charge is -2.72. The minimum Gasteiger partial charge on any atom is -0.478 e. The number of carbonyl (C=O) groups is 2. The van der Waals surface area contributed by atoms with Crippen LogP contribution in [-0.2, 0) is 9.53 Å². The molecule has 9 atom stereocenters. The predicted molar refractivity (Wildman–Crippen MR) is 184 cm³/mol. The van der Waals surface area contributed by atoms with Crippen molar-refractivity contribution in [3.8, 4) is 0 Å². The van der Waals surface area contributed by atoms with E-state index in [1.165, 1.54) is 56.4 Å². The summed E-state index contributed by atoms with van der Waals surface area (Å²) in [5.41, 5.74) is 3.98. The van der Waals surface area contributed by atoms with E-state index in [4.69, 9.17) is 4.74 Å². The summed E-state index contributed by atoms with van der Waals surface area (Å²) in [6.45, 7) is 21.1. The summed E-state index contributed by atoms with van der Waals surface area (Å²) < 4.78 is 4.93. The molecule has 4 heteroatoms. The van der Waals surface area contributed by atoms with E-state index < -0.39 is 5.97 Å². The molecule has 1 aromatic carbocycles. The Hall–Kier alpha value is -2.62. The van der Waals surface area contributed by atoms with Crippen LogP contribution in [0.2, 0.25) is 0 Å². The van der Waals surface area contributed by atoms with E-state index >= 15 is 0 Å². The number of esters is 1. The van der Waals surface area contributed by atoms with Crippen LogP contribution < -0.4 is 0 Å². The minimum atomic E-state index is -0.822. The maximum atomic E-state index is 12.1. The summed E-state index contributed by atoms with van der Waals surface area (Å²) >= 11 is 0. The molecule has 3 unspecified atom stereocenters. The van der Waals surface area contributed by atoms with Gasteiger partial charge in [0.15, 0.2) is 0 Å². The summed E-state index contributed by atoms with van der Waals surface area (Å²) in [7, 11) is 1.43. The van der Waals surface area contributed by atoms with Crippen molar-refractivity contribution in [2.45, 2.75) is 106 Å². The molecule has 6 rings (SSSR count). The van der Waals surface area contributed by atoms with E-state index in [1.807, 2.05) is 26.0 Å². The summed E-state index contributed by atoms with van der Waals surface area (Å²) in [5.74, 6) is 1.70. The van der Waals surface area contributed by atoms with Crippen molar-refractivity contribution in [2.75, 3.05) is 7.11 Å². The first kappa shape index (κ1) is 33.7. The second-order valence-corrected chi connectivity index (χ2v) is 16.1. The molecule has 45 heavy (non-hydrogen) atoms. The molecule has 0 radical (unpaired) electrons. The highest BCUT2D eigenvalue weighted by atomic mass is 16.5. The maximum Gasteiger partial charge on any atom is 0.337 e. The van der Waals surface area contributed by atoms with Crippen molar-refractivity contribution in [1.29, 1.82) is 0 Å². The van der Waals surface area contributed by atoms with Gasteiger partial charge in [-0.3, -0.25) is 0 Å². The number of carboxylic acids is 1. The lowest BCUT2D eigenvalue weighted by molar-refractivity contribution is -0.221. The van der Waals surface area contributed by atoms with E-state index in [9.17, 15) is 14.7 Å². The average Bonchev–Trinajstić information content (AvgIpc) is 3.40. The Kier molecular flexibility index (Phi) is 8.90. The van der Waals surface area contributed by atoms with Gasteiger partial charge in [-0.1, -0.05) is 78.8 Å². The molecule has 5 aliphatic rings. The Balaban J connectivity index is 0.00000196. The molecule has 0 bridgehead atoms. The van der Waals surface area contributed by atoms with Gasteiger partial charge >= 0.3 is 11.9 Å². The zero-order valence-electron chi connectivity index (χ0n) is 29.2. The first-order chi connectivity index (χ1) is 21.3. The zero-order valence-corrected chi connectivity index (χ0v) is 29.2. The number of benzene rings is 1. The minimum absolute atomic E-state index is 0.000389. The van der Waals surface area contributed by atoms with Crippen LogP contribution in [0.25, 0.3) is 5.57 Å². The molecule has 0 aromatic heterocycles. The van der Waals surface area contributed by atoms with Gasteiger partial charge < -0.3 is 9.84 Å². The number of ether oxygens (including phenoxy) is 1. The van der Waals surface area contributed by atoms with Crippen LogP contribution in [-0.4, -0.2) is 24.2 Å². The smallest absolute Gasteiger partial charge is 0.337 e. The third-order valence-electron chi connectivity index (χ3n) is 14.6. The number of fused-ring (bicyclic) bond motifs is 7. The van der Waals surface area contributed by atoms with Gasteiger partial charge in [-0.25, -0.2) is 9.59 Å². The van der Waals surface area contributed by atoms with Crippen LogP contribution in [0, 0.1) is 56.7 Å². The molecule has 1 aromatic rings. The number of hydrogen-bond donors (Lipinski definition) is 1. The number of allylic oxidation sites excluding steroid dienone is 4. The van der Waals surface area contributed by atoms with Gasteiger partial charge in [-0.2, -0.15) is 0 Å². The van der Waals surface area contributed by atoms with Crippen molar-refractivity contribution in [1.82, 2.24) is 0 Å². The van der Waals surface area contributed by atoms with Gasteiger partial charge in [0, 0.05) is 6.08 Å². The average molecular weight is 615 g/mol. The Morgan fingerprint density at radius 3 is 2.20 bits per heavy atom. The van der Waals surface area contributed by atoms with Gasteiger partial charge in [-0.15, -0.1) is 6.58 Å². The molecule has 4 fully saturated rings. The fraction of sp³-hybridized carbons (Fsp3) is 0.659. The summed E-state index contributed by atoms with van der Waals surface area (Å²) in [5, 5.41) is 9.55. The third-order valence-corrected chi connectivity index (χ3v) is 14.6. The van der Waals surface area contributed by atoms with Crippen LogP contribution in [0.5, 0.6) is 0 Å². The number of rotatable bonds is 5. The predicted octanol–water partition coefficient (Wildman–Crippen LogP) is 10.4. The normalized spacial score (nSPS) is 41.2. The lowest BCUT2D eigenvalue weighted by Crippen LogP contribution is -2.65. The molecular weight excluding hydrogens is 556 g/mol. The van der Waals surface area contributed by atoms with E-state index in [-0.39, 0.29) is 33.0 Å². The van der Waals surface area contributed by atoms with Crippen LogP contribution >= 0.6 is 0 Å². The summed E-state index contributed by atoms with van der Waals surface area (Å²) in [6.07, 6.45) is 18.9. The topological polar surface area (TPSA) is 63.6 Å². The lowest BCUT2D eigenvalue weighted by atomic mass is 9.32. The number of aliphatic carboxylic acids is 1. The van der Waals surface area contributed by atoms with Gasteiger partial charge in [0.05, 0.1) is 12.7 Å². The van der Waals surface area contributed by atoms with E-state index in [1.54, 1.807) is 0 Å². The first-order valence-electron chi connectivity index (χ1n) is 17.7. The fourth-order valence-corrected chi connectivity index (χ4v) is 12.5. The molecule has 4 saturated carbocycles. The summed E-state index contributed by atoms with van der Waals surface area (Å²) in [6, 6.07) is 8.01. The van der Waals surface area contributed by atoms with Gasteiger partial charge in [0.2, 0.25) is 0 Å². The molecule has 5 aliphatic carbocycles. The second-order valence-electron chi connectivity index (χ2n) is 16.1. The number of carboxylic acid groups (broad SMARTS) is 1.